The molecule has 0 aromatic heterocycles. The summed E-state index contributed by atoms with van der Waals surface area (Å²) in [6.45, 7) is 2.42. The minimum atomic E-state index is -0.460. The van der Waals surface area contributed by atoms with Crippen LogP contribution in [0.3, 0.4) is 0 Å². The first kappa shape index (κ1) is 18.9. The number of imide groups is 1. The average Bonchev–Trinajstić information content (AvgIpc) is 2.99. The standard InChI is InChI=1S/C23H16ClNO4/c1-2-29-16-10-7-14(8-11-16)21(26)15-9-12-19(24)20(13-15)25-22(27)17-5-3-4-6-18(17)23(25)28/h3-13H,2H2,1H3. The van der Waals surface area contributed by atoms with Crippen LogP contribution in [0.25, 0.3) is 0 Å². The fraction of sp³-hybridized carbons (Fsp3) is 0.0870. The van der Waals surface area contributed by atoms with E-state index in [0.717, 1.165) is 4.90 Å². The van der Waals surface area contributed by atoms with Crippen molar-refractivity contribution in [3.05, 3.63) is 94.0 Å². The zero-order valence-electron chi connectivity index (χ0n) is 15.5. The van der Waals surface area contributed by atoms with E-state index in [1.165, 1.54) is 12.1 Å². The molecule has 0 bridgehead atoms. The monoisotopic (exact) mass is 405 g/mol. The number of nitrogens with zero attached hydrogens (tertiary/aromatic N) is 1. The molecule has 0 radical (unpaired) electrons. The molecule has 5 nitrogen and oxygen atoms in total. The molecule has 0 aliphatic carbocycles. The fourth-order valence-corrected chi connectivity index (χ4v) is 3.47. The summed E-state index contributed by atoms with van der Waals surface area (Å²) < 4.78 is 5.39. The first-order valence-corrected chi connectivity index (χ1v) is 9.44. The average molecular weight is 406 g/mol. The lowest BCUT2D eigenvalue weighted by molar-refractivity contribution is 0.0924. The minimum absolute atomic E-state index is 0.189. The van der Waals surface area contributed by atoms with Crippen molar-refractivity contribution in [2.45, 2.75) is 6.92 Å². The van der Waals surface area contributed by atoms with E-state index in [0.29, 0.717) is 34.6 Å². The Kier molecular flexibility index (Phi) is 4.91. The van der Waals surface area contributed by atoms with Crippen molar-refractivity contribution in [1.82, 2.24) is 0 Å². The molecule has 0 spiro atoms. The largest absolute Gasteiger partial charge is 0.494 e. The van der Waals surface area contributed by atoms with Gasteiger partial charge in [-0.05, 0) is 61.5 Å². The van der Waals surface area contributed by atoms with Crippen LogP contribution in [0.2, 0.25) is 5.02 Å². The molecule has 0 N–H and O–H groups in total. The van der Waals surface area contributed by atoms with Gasteiger partial charge in [0, 0.05) is 11.1 Å². The van der Waals surface area contributed by atoms with Gasteiger partial charge in [0.2, 0.25) is 0 Å². The molecule has 29 heavy (non-hydrogen) atoms. The molecule has 0 unspecified atom stereocenters. The van der Waals surface area contributed by atoms with Crippen LogP contribution in [0.15, 0.2) is 66.7 Å². The van der Waals surface area contributed by atoms with Crippen molar-refractivity contribution < 1.29 is 19.1 Å². The Bertz CT molecular complexity index is 1100. The van der Waals surface area contributed by atoms with Crippen LogP contribution in [0.1, 0.15) is 43.6 Å². The smallest absolute Gasteiger partial charge is 0.266 e. The van der Waals surface area contributed by atoms with Gasteiger partial charge in [-0.1, -0.05) is 23.7 Å². The lowest BCUT2D eigenvalue weighted by Gasteiger charge is -2.16. The first-order chi connectivity index (χ1) is 14.0. The summed E-state index contributed by atoms with van der Waals surface area (Å²) in [7, 11) is 0. The lowest BCUT2D eigenvalue weighted by Crippen LogP contribution is -2.29. The second-order valence-corrected chi connectivity index (χ2v) is 6.85. The van der Waals surface area contributed by atoms with E-state index in [1.807, 2.05) is 6.92 Å². The molecule has 3 aromatic carbocycles. The molecule has 1 heterocycles. The molecule has 1 aliphatic rings. The van der Waals surface area contributed by atoms with Crippen LogP contribution in [0.5, 0.6) is 5.75 Å². The number of ketones is 1. The molecule has 6 heteroatoms. The zero-order chi connectivity index (χ0) is 20.5. The van der Waals surface area contributed by atoms with E-state index in [4.69, 9.17) is 16.3 Å². The second-order valence-electron chi connectivity index (χ2n) is 6.44. The van der Waals surface area contributed by atoms with Crippen LogP contribution >= 0.6 is 11.6 Å². The molecule has 0 saturated heterocycles. The Morgan fingerprint density at radius 1 is 0.897 bits per heavy atom. The van der Waals surface area contributed by atoms with E-state index < -0.39 is 11.8 Å². The number of rotatable bonds is 5. The summed E-state index contributed by atoms with van der Waals surface area (Å²) in [4.78, 5) is 39.4. The Hall–Kier alpha value is -3.44. The van der Waals surface area contributed by atoms with Gasteiger partial charge >= 0.3 is 0 Å². The van der Waals surface area contributed by atoms with Crippen molar-refractivity contribution >= 4 is 34.9 Å². The predicted molar refractivity (Wildman–Crippen MR) is 110 cm³/mol. The van der Waals surface area contributed by atoms with E-state index in [2.05, 4.69) is 0 Å². The van der Waals surface area contributed by atoms with Gasteiger partial charge in [0.25, 0.3) is 11.8 Å². The van der Waals surface area contributed by atoms with E-state index in [-0.39, 0.29) is 16.5 Å². The molecule has 0 atom stereocenters. The molecule has 3 aromatic rings. The highest BCUT2D eigenvalue weighted by molar-refractivity contribution is 6.40. The number of hydrogen-bond donors (Lipinski definition) is 0. The Balaban J connectivity index is 1.69. The number of carbonyl (C=O) groups is 3. The summed E-state index contributed by atoms with van der Waals surface area (Å²) in [6.07, 6.45) is 0. The van der Waals surface area contributed by atoms with Crippen molar-refractivity contribution in [3.63, 3.8) is 0 Å². The van der Waals surface area contributed by atoms with Gasteiger partial charge < -0.3 is 4.74 Å². The van der Waals surface area contributed by atoms with Gasteiger partial charge in [-0.2, -0.15) is 0 Å². The third-order valence-corrected chi connectivity index (χ3v) is 4.99. The van der Waals surface area contributed by atoms with Crippen molar-refractivity contribution in [2.24, 2.45) is 0 Å². The number of benzene rings is 3. The maximum Gasteiger partial charge on any atom is 0.266 e. The molecule has 144 valence electrons. The topological polar surface area (TPSA) is 63.7 Å². The molecule has 1 aliphatic heterocycles. The van der Waals surface area contributed by atoms with Gasteiger partial charge in [-0.15, -0.1) is 0 Å². The highest BCUT2D eigenvalue weighted by Crippen LogP contribution is 2.34. The number of hydrogen-bond acceptors (Lipinski definition) is 4. The Morgan fingerprint density at radius 2 is 1.48 bits per heavy atom. The minimum Gasteiger partial charge on any atom is -0.494 e. The maximum absolute atomic E-state index is 12.9. The van der Waals surface area contributed by atoms with Crippen LogP contribution in [-0.2, 0) is 0 Å². The normalized spacial score (nSPS) is 12.8. The van der Waals surface area contributed by atoms with E-state index >= 15 is 0 Å². The number of ether oxygens (including phenoxy) is 1. The number of fused-ring (bicyclic) bond motifs is 1. The Morgan fingerprint density at radius 3 is 2.07 bits per heavy atom. The summed E-state index contributed by atoms with van der Waals surface area (Å²) >= 11 is 6.28. The van der Waals surface area contributed by atoms with Gasteiger partial charge in [0.05, 0.1) is 28.4 Å². The predicted octanol–water partition coefficient (Wildman–Crippen LogP) is 4.77. The van der Waals surface area contributed by atoms with Crippen LogP contribution < -0.4 is 9.64 Å². The third-order valence-electron chi connectivity index (χ3n) is 4.67. The second kappa shape index (κ2) is 7.53. The summed E-state index contributed by atoms with van der Waals surface area (Å²) in [5.41, 5.74) is 1.61. The molecular weight excluding hydrogens is 390 g/mol. The summed E-state index contributed by atoms with van der Waals surface area (Å²) in [5, 5.41) is 0.211. The van der Waals surface area contributed by atoms with Crippen LogP contribution in [0, 0.1) is 0 Å². The summed E-state index contributed by atoms with van der Waals surface area (Å²) in [6, 6.07) is 17.9. The van der Waals surface area contributed by atoms with Crippen molar-refractivity contribution in [3.8, 4) is 5.75 Å². The lowest BCUT2D eigenvalue weighted by atomic mass is 10.0. The van der Waals surface area contributed by atoms with Gasteiger partial charge in [-0.3, -0.25) is 14.4 Å². The highest BCUT2D eigenvalue weighted by Gasteiger charge is 2.37. The number of carbonyl (C=O) groups excluding carboxylic acids is 3. The van der Waals surface area contributed by atoms with E-state index in [9.17, 15) is 14.4 Å². The van der Waals surface area contributed by atoms with Gasteiger partial charge in [-0.25, -0.2) is 4.90 Å². The molecule has 4 rings (SSSR count). The number of amides is 2. The van der Waals surface area contributed by atoms with Gasteiger partial charge in [0.1, 0.15) is 5.75 Å². The third kappa shape index (κ3) is 3.30. The van der Waals surface area contributed by atoms with Crippen LogP contribution in [0.4, 0.5) is 5.69 Å². The zero-order valence-corrected chi connectivity index (χ0v) is 16.3. The fourth-order valence-electron chi connectivity index (χ4n) is 3.27. The van der Waals surface area contributed by atoms with Crippen LogP contribution in [-0.4, -0.2) is 24.2 Å². The van der Waals surface area contributed by atoms with Crippen molar-refractivity contribution in [1.29, 1.82) is 0 Å². The summed E-state index contributed by atoms with van der Waals surface area (Å²) in [5.74, 6) is -0.495. The highest BCUT2D eigenvalue weighted by atomic mass is 35.5. The molecular formula is C23H16ClNO4. The maximum atomic E-state index is 12.9. The van der Waals surface area contributed by atoms with Crippen molar-refractivity contribution in [2.75, 3.05) is 11.5 Å². The van der Waals surface area contributed by atoms with Gasteiger partial charge in [0.15, 0.2) is 5.78 Å². The molecule has 2 amide bonds. The quantitative estimate of drug-likeness (QED) is 0.453. The molecule has 0 saturated carbocycles. The molecule has 0 fully saturated rings. The SMILES string of the molecule is CCOc1ccc(C(=O)c2ccc(Cl)c(N3C(=O)c4ccccc4C3=O)c2)cc1. The van der Waals surface area contributed by atoms with E-state index in [1.54, 1.807) is 54.6 Å². The number of halogens is 1. The number of anilines is 1. The first-order valence-electron chi connectivity index (χ1n) is 9.06. The Labute approximate surface area is 172 Å².